The molecule has 5 N–H and O–H groups in total. The van der Waals surface area contributed by atoms with Crippen LogP contribution in [0.25, 0.3) is 11.1 Å². The number of hydrogen-bond donors (Lipinski definition) is 2. The summed E-state index contributed by atoms with van der Waals surface area (Å²) in [5.74, 6) is -0.322. The maximum atomic E-state index is 13.4. The predicted molar refractivity (Wildman–Crippen MR) is 146 cm³/mol. The number of carboxylic acids is 1. The van der Waals surface area contributed by atoms with E-state index in [-0.39, 0.29) is 28.9 Å². The topological polar surface area (TPSA) is 107 Å². The lowest BCUT2D eigenvalue weighted by Gasteiger charge is -2.39. The number of halogens is 1. The highest BCUT2D eigenvalue weighted by atomic mass is 19.1. The number of carbonyl (C=O) groups is 2. The van der Waals surface area contributed by atoms with Gasteiger partial charge in [-0.1, -0.05) is 12.1 Å². The van der Waals surface area contributed by atoms with Crippen molar-refractivity contribution < 1.29 is 23.8 Å². The number of rotatable bonds is 7. The Balaban J connectivity index is 0.00000336. The monoisotopic (exact) mass is 520 g/mol. The quantitative estimate of drug-likeness (QED) is 0.398. The molecule has 3 aromatic rings. The summed E-state index contributed by atoms with van der Waals surface area (Å²) < 4.78 is 19.2. The summed E-state index contributed by atoms with van der Waals surface area (Å²) in [6.45, 7) is 5.76. The minimum atomic E-state index is -0.972. The zero-order valence-corrected chi connectivity index (χ0v) is 22.0. The molecule has 0 bridgehead atoms. The van der Waals surface area contributed by atoms with E-state index in [0.29, 0.717) is 19.6 Å². The van der Waals surface area contributed by atoms with Crippen LogP contribution in [0.5, 0.6) is 5.75 Å². The van der Waals surface area contributed by atoms with Crippen LogP contribution in [-0.2, 0) is 11.3 Å². The smallest absolute Gasteiger partial charge is 0.335 e. The molecule has 2 aliphatic rings. The van der Waals surface area contributed by atoms with E-state index in [2.05, 4.69) is 17.0 Å². The van der Waals surface area contributed by atoms with Crippen molar-refractivity contribution in [1.29, 1.82) is 0 Å². The zero-order chi connectivity index (χ0) is 26.0. The highest BCUT2D eigenvalue weighted by molar-refractivity contribution is 5.97. The van der Waals surface area contributed by atoms with Gasteiger partial charge >= 0.3 is 5.97 Å². The molecule has 2 saturated heterocycles. The molecule has 2 fully saturated rings. The van der Waals surface area contributed by atoms with Gasteiger partial charge in [-0.05, 0) is 110 Å². The lowest BCUT2D eigenvalue weighted by molar-refractivity contribution is -0.118. The van der Waals surface area contributed by atoms with Gasteiger partial charge in [0, 0.05) is 25.2 Å². The number of aromatic carboxylic acids is 1. The molecule has 200 valence electrons. The maximum Gasteiger partial charge on any atom is 0.335 e. The van der Waals surface area contributed by atoms with Gasteiger partial charge in [0.25, 0.3) is 0 Å². The summed E-state index contributed by atoms with van der Waals surface area (Å²) in [5.41, 5.74) is 4.02. The number of hydrogen-bond acceptors (Lipinski definition) is 4. The van der Waals surface area contributed by atoms with Crippen LogP contribution in [0.2, 0.25) is 0 Å². The summed E-state index contributed by atoms with van der Waals surface area (Å²) in [6, 6.07) is 19.3. The van der Waals surface area contributed by atoms with E-state index < -0.39 is 5.97 Å². The summed E-state index contributed by atoms with van der Waals surface area (Å²) in [7, 11) is 0. The standard InChI is InChI=1S/C30H31FN2O4.H3N/c1-2-37-27-16-21(15-24(17-27)22-3-7-25(31)8-4-22)19-32-13-11-30(12-14-32)18-28(34)33(20-30)26-9-5-23(6-10-26)29(35)36;/h3-10,15-17H,2,11-14,18-20H2,1H3,(H,35,36);1H3/p+1. The minimum absolute atomic E-state index is 0. The third-order valence-corrected chi connectivity index (χ3v) is 7.52. The second kappa shape index (κ2) is 11.3. The lowest BCUT2D eigenvalue weighted by Crippen LogP contribution is -2.41. The SMILES string of the molecule is CCOc1cc(CN2CCC3(CC2)CC(=O)N(c2ccc(C(=O)O)cc2)C3)cc(-c2ccc(F)cc2)c1.[NH4+]. The van der Waals surface area contributed by atoms with Gasteiger partial charge in [-0.3, -0.25) is 9.69 Å². The van der Waals surface area contributed by atoms with Crippen LogP contribution in [0.15, 0.2) is 66.7 Å². The fourth-order valence-electron chi connectivity index (χ4n) is 5.50. The minimum Gasteiger partial charge on any atom is -0.494 e. The second-order valence-corrected chi connectivity index (χ2v) is 10.1. The first kappa shape index (κ1) is 27.3. The molecular formula is C30H35FN3O4+. The summed E-state index contributed by atoms with van der Waals surface area (Å²) in [4.78, 5) is 28.3. The van der Waals surface area contributed by atoms with E-state index >= 15 is 0 Å². The van der Waals surface area contributed by atoms with Crippen molar-refractivity contribution >= 4 is 17.6 Å². The molecule has 2 aliphatic heterocycles. The highest BCUT2D eigenvalue weighted by Crippen LogP contribution is 2.43. The molecule has 3 aromatic carbocycles. The van der Waals surface area contributed by atoms with Crippen LogP contribution in [-0.4, -0.2) is 48.1 Å². The highest BCUT2D eigenvalue weighted by Gasteiger charge is 2.45. The van der Waals surface area contributed by atoms with Gasteiger partial charge in [0.1, 0.15) is 11.6 Å². The first-order chi connectivity index (χ1) is 17.8. The molecule has 38 heavy (non-hydrogen) atoms. The molecule has 0 unspecified atom stereocenters. The summed E-state index contributed by atoms with van der Waals surface area (Å²) >= 11 is 0. The third-order valence-electron chi connectivity index (χ3n) is 7.52. The normalized spacial score (nSPS) is 16.9. The number of carbonyl (C=O) groups excluding carboxylic acids is 1. The molecule has 1 spiro atoms. The molecule has 0 radical (unpaired) electrons. The Morgan fingerprint density at radius 1 is 1.00 bits per heavy atom. The number of amides is 1. The summed E-state index contributed by atoms with van der Waals surface area (Å²) in [5, 5.41) is 9.14. The third kappa shape index (κ3) is 5.87. The number of benzene rings is 3. The molecule has 0 aliphatic carbocycles. The second-order valence-electron chi connectivity index (χ2n) is 10.1. The number of quaternary nitrogens is 1. The Bertz CT molecular complexity index is 1290. The fraction of sp³-hybridized carbons (Fsp3) is 0.333. The molecular weight excluding hydrogens is 485 g/mol. The van der Waals surface area contributed by atoms with E-state index in [9.17, 15) is 14.0 Å². The van der Waals surface area contributed by atoms with Crippen LogP contribution in [0.1, 0.15) is 42.1 Å². The molecule has 1 amide bonds. The van der Waals surface area contributed by atoms with Crippen molar-refractivity contribution in [2.75, 3.05) is 31.1 Å². The first-order valence-electron chi connectivity index (χ1n) is 12.7. The summed E-state index contributed by atoms with van der Waals surface area (Å²) in [6.07, 6.45) is 2.38. The van der Waals surface area contributed by atoms with E-state index in [0.717, 1.165) is 60.6 Å². The number of nitrogens with zero attached hydrogens (tertiary/aromatic N) is 2. The Hall–Kier alpha value is -3.75. The van der Waals surface area contributed by atoms with Crippen molar-refractivity contribution in [2.24, 2.45) is 5.41 Å². The van der Waals surface area contributed by atoms with Crippen LogP contribution in [0, 0.1) is 11.2 Å². The first-order valence-corrected chi connectivity index (χ1v) is 12.7. The lowest BCUT2D eigenvalue weighted by atomic mass is 9.77. The van der Waals surface area contributed by atoms with Gasteiger partial charge in [-0.25, -0.2) is 9.18 Å². The van der Waals surface area contributed by atoms with Crippen LogP contribution >= 0.6 is 0 Å². The number of anilines is 1. The van der Waals surface area contributed by atoms with Crippen LogP contribution in [0.4, 0.5) is 10.1 Å². The molecule has 7 nitrogen and oxygen atoms in total. The number of likely N-dealkylation sites (tertiary alicyclic amines) is 1. The number of piperidine rings is 1. The van der Waals surface area contributed by atoms with Crippen molar-refractivity contribution in [3.63, 3.8) is 0 Å². The Morgan fingerprint density at radius 2 is 1.68 bits per heavy atom. The van der Waals surface area contributed by atoms with Crippen molar-refractivity contribution in [3.05, 3.63) is 83.7 Å². The van der Waals surface area contributed by atoms with Gasteiger partial charge in [0.15, 0.2) is 0 Å². The van der Waals surface area contributed by atoms with Crippen molar-refractivity contribution in [2.45, 2.75) is 32.7 Å². The molecule has 0 aromatic heterocycles. The van der Waals surface area contributed by atoms with Gasteiger partial charge in [0.05, 0.1) is 12.2 Å². The molecule has 5 rings (SSSR count). The molecule has 2 heterocycles. The Labute approximate surface area is 222 Å². The number of carboxylic acid groups (broad SMARTS) is 1. The van der Waals surface area contributed by atoms with Gasteiger partial charge in [-0.2, -0.15) is 0 Å². The van der Waals surface area contributed by atoms with Gasteiger partial charge in [0.2, 0.25) is 5.91 Å². The van der Waals surface area contributed by atoms with Gasteiger partial charge < -0.3 is 20.9 Å². The average molecular weight is 521 g/mol. The van der Waals surface area contributed by atoms with E-state index in [4.69, 9.17) is 9.84 Å². The van der Waals surface area contributed by atoms with Crippen molar-refractivity contribution in [1.82, 2.24) is 11.1 Å². The predicted octanol–water partition coefficient (Wildman–Crippen LogP) is 5.98. The fourth-order valence-corrected chi connectivity index (χ4v) is 5.50. The average Bonchev–Trinajstić information content (AvgIpc) is 3.21. The Kier molecular flexibility index (Phi) is 8.14. The van der Waals surface area contributed by atoms with Crippen LogP contribution < -0.4 is 15.8 Å². The van der Waals surface area contributed by atoms with E-state index in [1.165, 1.54) is 12.1 Å². The number of ether oxygens (including phenoxy) is 1. The molecule has 0 atom stereocenters. The van der Waals surface area contributed by atoms with E-state index in [1.54, 1.807) is 36.4 Å². The van der Waals surface area contributed by atoms with Crippen LogP contribution in [0.3, 0.4) is 0 Å². The van der Waals surface area contributed by atoms with Gasteiger partial charge in [-0.15, -0.1) is 0 Å². The molecule has 8 heteroatoms. The zero-order valence-electron chi connectivity index (χ0n) is 22.0. The maximum absolute atomic E-state index is 13.4. The Morgan fingerprint density at radius 3 is 2.32 bits per heavy atom. The van der Waals surface area contributed by atoms with E-state index in [1.807, 2.05) is 17.9 Å². The van der Waals surface area contributed by atoms with Crippen molar-refractivity contribution in [3.8, 4) is 16.9 Å². The molecule has 0 saturated carbocycles. The largest absolute Gasteiger partial charge is 0.494 e.